The summed E-state index contributed by atoms with van der Waals surface area (Å²) in [6.45, 7) is 8.60. The lowest BCUT2D eigenvalue weighted by Crippen LogP contribution is -2.39. The van der Waals surface area contributed by atoms with Gasteiger partial charge in [-0.25, -0.2) is 18.1 Å². The van der Waals surface area contributed by atoms with Crippen LogP contribution in [0.15, 0.2) is 46.8 Å². The first-order valence-corrected chi connectivity index (χ1v) is 11.6. The number of ether oxygens (including phenoxy) is 1. The normalized spacial score (nSPS) is 11.6. The predicted octanol–water partition coefficient (Wildman–Crippen LogP) is 3.37. The Morgan fingerprint density at radius 1 is 1.23 bits per heavy atom. The molecule has 30 heavy (non-hydrogen) atoms. The summed E-state index contributed by atoms with van der Waals surface area (Å²) in [5.41, 5.74) is 0.954. The molecule has 0 aliphatic heterocycles. The van der Waals surface area contributed by atoms with Gasteiger partial charge in [0.1, 0.15) is 0 Å². The van der Waals surface area contributed by atoms with Gasteiger partial charge < -0.3 is 15.0 Å². The third-order valence-corrected chi connectivity index (χ3v) is 5.82. The molecule has 0 fully saturated rings. The molecule has 2 N–H and O–H groups in total. The molecule has 0 amide bonds. The maximum Gasteiger partial charge on any atom is 0.240 e. The number of benzene rings is 1. The van der Waals surface area contributed by atoms with Crippen LogP contribution in [-0.4, -0.2) is 59.7 Å². The molecule has 0 bridgehead atoms. The molecule has 0 aliphatic carbocycles. The molecule has 0 unspecified atom stereocenters. The third kappa shape index (κ3) is 11.3. The largest absolute Gasteiger partial charge is 0.383 e. The van der Waals surface area contributed by atoms with Gasteiger partial charge in [0.2, 0.25) is 10.0 Å². The fourth-order valence-electron chi connectivity index (χ4n) is 2.69. The summed E-state index contributed by atoms with van der Waals surface area (Å²) in [5, 5.41) is 3.31. The first-order valence-electron chi connectivity index (χ1n) is 10.1. The van der Waals surface area contributed by atoms with Gasteiger partial charge in [0.05, 0.1) is 18.0 Å². The number of halogens is 1. The maximum atomic E-state index is 12.2. The monoisotopic (exact) mass is 552 g/mol. The van der Waals surface area contributed by atoms with Gasteiger partial charge in [-0.3, -0.25) is 0 Å². The minimum Gasteiger partial charge on any atom is -0.383 e. The molecule has 0 aromatic heterocycles. The molecule has 0 aliphatic rings. The zero-order valence-electron chi connectivity index (χ0n) is 18.4. The van der Waals surface area contributed by atoms with Crippen molar-refractivity contribution in [2.24, 2.45) is 4.99 Å². The molecular weight excluding hydrogens is 515 g/mol. The van der Waals surface area contributed by atoms with Crippen LogP contribution in [0.1, 0.15) is 38.2 Å². The molecular formula is C21H37IN4O3S. The number of nitrogens with zero attached hydrogens (tertiary/aromatic N) is 2. The molecule has 0 heterocycles. The van der Waals surface area contributed by atoms with Crippen LogP contribution in [0.25, 0.3) is 0 Å². The van der Waals surface area contributed by atoms with Gasteiger partial charge in [-0.05, 0) is 43.9 Å². The second-order valence-corrected chi connectivity index (χ2v) is 8.53. The van der Waals surface area contributed by atoms with Crippen LogP contribution >= 0.6 is 24.0 Å². The summed E-state index contributed by atoms with van der Waals surface area (Å²) < 4.78 is 31.8. The highest BCUT2D eigenvalue weighted by atomic mass is 127. The highest BCUT2D eigenvalue weighted by molar-refractivity contribution is 14.0. The standard InChI is InChI=1S/C21H36N4O3S.HI/c1-5-7-8-9-10-16-25(3)21(22-6-2)23-18-19-11-13-20(14-12-19)29(26,27)24-15-17-28-4;/h5,11-14,24H,1,6-10,15-18H2,2-4H3,(H,22,23);1H. The molecule has 0 saturated carbocycles. The summed E-state index contributed by atoms with van der Waals surface area (Å²) in [4.78, 5) is 7.06. The van der Waals surface area contributed by atoms with E-state index in [-0.39, 0.29) is 35.4 Å². The Morgan fingerprint density at radius 2 is 1.93 bits per heavy atom. The van der Waals surface area contributed by atoms with E-state index in [4.69, 9.17) is 4.74 Å². The van der Waals surface area contributed by atoms with E-state index in [9.17, 15) is 8.42 Å². The summed E-state index contributed by atoms with van der Waals surface area (Å²) in [6, 6.07) is 6.81. The number of rotatable bonds is 14. The van der Waals surface area contributed by atoms with E-state index < -0.39 is 10.0 Å². The molecule has 7 nitrogen and oxygen atoms in total. The highest BCUT2D eigenvalue weighted by Gasteiger charge is 2.13. The molecule has 9 heteroatoms. The van der Waals surface area contributed by atoms with E-state index in [1.807, 2.05) is 20.0 Å². The summed E-state index contributed by atoms with van der Waals surface area (Å²) >= 11 is 0. The van der Waals surface area contributed by atoms with Crippen LogP contribution in [0, 0.1) is 0 Å². The predicted molar refractivity (Wildman–Crippen MR) is 135 cm³/mol. The Bertz CT molecular complexity index is 724. The van der Waals surface area contributed by atoms with Gasteiger partial charge in [-0.2, -0.15) is 0 Å². The van der Waals surface area contributed by atoms with Gasteiger partial charge >= 0.3 is 0 Å². The lowest BCUT2D eigenvalue weighted by molar-refractivity contribution is 0.204. The molecule has 1 rings (SSSR count). The van der Waals surface area contributed by atoms with E-state index in [2.05, 4.69) is 26.5 Å². The van der Waals surface area contributed by atoms with E-state index in [1.54, 1.807) is 24.3 Å². The summed E-state index contributed by atoms with van der Waals surface area (Å²) in [7, 11) is 0.0591. The average molecular weight is 553 g/mol. The van der Waals surface area contributed by atoms with Crippen LogP contribution in [-0.2, 0) is 21.3 Å². The number of hydrogen-bond acceptors (Lipinski definition) is 4. The van der Waals surface area contributed by atoms with Crippen molar-refractivity contribution in [3.63, 3.8) is 0 Å². The zero-order chi connectivity index (χ0) is 21.5. The third-order valence-electron chi connectivity index (χ3n) is 4.34. The van der Waals surface area contributed by atoms with Crippen molar-refractivity contribution in [1.82, 2.24) is 14.9 Å². The van der Waals surface area contributed by atoms with E-state index in [1.165, 1.54) is 20.0 Å². The summed E-state index contributed by atoms with van der Waals surface area (Å²) in [5.74, 6) is 0.856. The number of allylic oxidation sites excluding steroid dienone is 1. The van der Waals surface area contributed by atoms with Gasteiger partial charge in [-0.15, -0.1) is 30.6 Å². The minimum atomic E-state index is -3.51. The van der Waals surface area contributed by atoms with Crippen molar-refractivity contribution < 1.29 is 13.2 Å². The van der Waals surface area contributed by atoms with Crippen LogP contribution in [0.2, 0.25) is 0 Å². The van der Waals surface area contributed by atoms with Gasteiger partial charge in [0, 0.05) is 33.8 Å². The zero-order valence-corrected chi connectivity index (χ0v) is 21.5. The van der Waals surface area contributed by atoms with Crippen molar-refractivity contribution in [3.8, 4) is 0 Å². The Hall–Kier alpha value is -1.17. The van der Waals surface area contributed by atoms with Crippen LogP contribution < -0.4 is 10.0 Å². The Kier molecular flexibility index (Phi) is 15.9. The first-order chi connectivity index (χ1) is 13.9. The van der Waals surface area contributed by atoms with E-state index in [0.29, 0.717) is 13.2 Å². The Balaban J connectivity index is 0.00000841. The van der Waals surface area contributed by atoms with Crippen LogP contribution in [0.4, 0.5) is 0 Å². The number of unbranched alkanes of at least 4 members (excludes halogenated alkanes) is 3. The van der Waals surface area contributed by atoms with Crippen molar-refractivity contribution in [3.05, 3.63) is 42.5 Å². The number of guanidine groups is 1. The lowest BCUT2D eigenvalue weighted by atomic mass is 10.2. The number of sulfonamides is 1. The molecule has 1 aromatic rings. The molecule has 0 saturated heterocycles. The minimum absolute atomic E-state index is 0. The Labute approximate surface area is 199 Å². The van der Waals surface area contributed by atoms with Crippen molar-refractivity contribution >= 4 is 40.0 Å². The Morgan fingerprint density at radius 3 is 2.53 bits per heavy atom. The first kappa shape index (κ1) is 28.8. The van der Waals surface area contributed by atoms with Gasteiger partial charge in [0.15, 0.2) is 5.96 Å². The van der Waals surface area contributed by atoms with Gasteiger partial charge in [-0.1, -0.05) is 24.6 Å². The molecule has 172 valence electrons. The quantitative estimate of drug-likeness (QED) is 0.122. The summed E-state index contributed by atoms with van der Waals surface area (Å²) in [6.07, 6.45) is 6.47. The second kappa shape index (κ2) is 16.5. The molecule has 1 aromatic carbocycles. The smallest absolute Gasteiger partial charge is 0.240 e. The second-order valence-electron chi connectivity index (χ2n) is 6.76. The van der Waals surface area contributed by atoms with E-state index in [0.717, 1.165) is 37.5 Å². The SMILES string of the molecule is C=CCCCCCN(C)C(=NCc1ccc(S(=O)(=O)NCCOC)cc1)NCC.I. The number of hydrogen-bond donors (Lipinski definition) is 2. The van der Waals surface area contributed by atoms with E-state index >= 15 is 0 Å². The fourth-order valence-corrected chi connectivity index (χ4v) is 3.70. The van der Waals surface area contributed by atoms with Crippen molar-refractivity contribution in [1.29, 1.82) is 0 Å². The molecule has 0 radical (unpaired) electrons. The number of methoxy groups -OCH3 is 1. The fraction of sp³-hybridized carbons (Fsp3) is 0.571. The maximum absolute atomic E-state index is 12.2. The highest BCUT2D eigenvalue weighted by Crippen LogP contribution is 2.11. The van der Waals surface area contributed by atoms with Crippen molar-refractivity contribution in [2.45, 2.75) is 44.0 Å². The topological polar surface area (TPSA) is 83.0 Å². The number of nitrogens with one attached hydrogen (secondary N) is 2. The van der Waals surface area contributed by atoms with Crippen LogP contribution in [0.3, 0.4) is 0 Å². The molecule has 0 spiro atoms. The van der Waals surface area contributed by atoms with Crippen LogP contribution in [0.5, 0.6) is 0 Å². The molecule has 0 atom stereocenters. The number of aliphatic imine (C=N–C) groups is 1. The average Bonchev–Trinajstić information content (AvgIpc) is 2.71. The lowest BCUT2D eigenvalue weighted by Gasteiger charge is -2.22. The van der Waals surface area contributed by atoms with Crippen molar-refractivity contribution in [2.75, 3.05) is 40.4 Å². The van der Waals surface area contributed by atoms with Gasteiger partial charge in [0.25, 0.3) is 0 Å².